The van der Waals surface area contributed by atoms with Gasteiger partial charge in [0.25, 0.3) is 0 Å². The van der Waals surface area contributed by atoms with Crippen LogP contribution in [0.15, 0.2) is 24.3 Å². The molecule has 0 spiro atoms. The fourth-order valence-corrected chi connectivity index (χ4v) is 1.93. The molecule has 0 fully saturated rings. The van der Waals surface area contributed by atoms with E-state index in [1.54, 1.807) is 0 Å². The van der Waals surface area contributed by atoms with Crippen LogP contribution in [0, 0.1) is 0 Å². The molecule has 0 radical (unpaired) electrons. The van der Waals surface area contributed by atoms with Crippen LogP contribution >= 0.6 is 0 Å². The highest BCUT2D eigenvalue weighted by molar-refractivity contribution is 5.65. The summed E-state index contributed by atoms with van der Waals surface area (Å²) in [6.07, 6.45) is 21.2. The monoisotopic (exact) mass is 280 g/mol. The van der Waals surface area contributed by atoms with Crippen LogP contribution in [0.1, 0.15) is 78.1 Å². The molecule has 0 aromatic heterocycles. The maximum Gasteiger partial charge on any atom is 0.302 e. The second-order valence-corrected chi connectivity index (χ2v) is 5.21. The topological polar surface area (TPSA) is 26.3 Å². The Kier molecular flexibility index (Phi) is 15.2. The van der Waals surface area contributed by atoms with Crippen molar-refractivity contribution in [2.24, 2.45) is 0 Å². The number of unbranched alkanes of at least 4 members (excludes halogenated alkanes) is 7. The molecule has 2 nitrogen and oxygen atoms in total. The molecule has 116 valence electrons. The SMILES string of the molecule is CCCCC/C=C\CCCC/C=C\CCCOC(C)=O. The van der Waals surface area contributed by atoms with Gasteiger partial charge in [-0.15, -0.1) is 0 Å². The quantitative estimate of drug-likeness (QED) is 0.250. The van der Waals surface area contributed by atoms with Crippen LogP contribution in [0.5, 0.6) is 0 Å². The Labute approximate surface area is 125 Å². The second-order valence-electron chi connectivity index (χ2n) is 5.21. The Morgan fingerprint density at radius 2 is 1.25 bits per heavy atom. The minimum absolute atomic E-state index is 0.184. The molecule has 20 heavy (non-hydrogen) atoms. The summed E-state index contributed by atoms with van der Waals surface area (Å²) in [5, 5.41) is 0. The van der Waals surface area contributed by atoms with E-state index in [1.807, 2.05) is 0 Å². The molecule has 0 amide bonds. The van der Waals surface area contributed by atoms with Gasteiger partial charge in [0.1, 0.15) is 0 Å². The van der Waals surface area contributed by atoms with Gasteiger partial charge in [-0.1, -0.05) is 44.1 Å². The molecule has 0 rings (SSSR count). The first-order chi connectivity index (χ1) is 9.77. The van der Waals surface area contributed by atoms with Crippen molar-refractivity contribution in [2.45, 2.75) is 78.1 Å². The third kappa shape index (κ3) is 16.9. The van der Waals surface area contributed by atoms with Crippen molar-refractivity contribution >= 4 is 5.97 Å². The van der Waals surface area contributed by atoms with Crippen LogP contribution in [0.25, 0.3) is 0 Å². The maximum atomic E-state index is 10.5. The summed E-state index contributed by atoms with van der Waals surface area (Å²) in [4.78, 5) is 10.5. The average molecular weight is 280 g/mol. The number of carbonyl (C=O) groups excluding carboxylic acids is 1. The van der Waals surface area contributed by atoms with Gasteiger partial charge in [-0.3, -0.25) is 4.79 Å². The van der Waals surface area contributed by atoms with Crippen LogP contribution in [0.3, 0.4) is 0 Å². The highest BCUT2D eigenvalue weighted by Crippen LogP contribution is 2.05. The fourth-order valence-electron chi connectivity index (χ4n) is 1.93. The fraction of sp³-hybridized carbons (Fsp3) is 0.722. The molecule has 0 aromatic rings. The lowest BCUT2D eigenvalue weighted by Crippen LogP contribution is -1.99. The predicted molar refractivity (Wildman–Crippen MR) is 86.8 cm³/mol. The normalized spacial score (nSPS) is 11.5. The molecule has 0 unspecified atom stereocenters. The Hall–Kier alpha value is -1.05. The Bertz CT molecular complexity index is 267. The van der Waals surface area contributed by atoms with Gasteiger partial charge in [-0.05, 0) is 51.4 Å². The van der Waals surface area contributed by atoms with Crippen LogP contribution in [-0.2, 0) is 9.53 Å². The van der Waals surface area contributed by atoms with Crippen molar-refractivity contribution in [1.82, 2.24) is 0 Å². The highest BCUT2D eigenvalue weighted by atomic mass is 16.5. The molecule has 0 heterocycles. The molecule has 0 aliphatic rings. The van der Waals surface area contributed by atoms with Crippen LogP contribution in [0.4, 0.5) is 0 Å². The summed E-state index contributed by atoms with van der Waals surface area (Å²) in [5.74, 6) is -0.184. The molecule has 0 saturated heterocycles. The van der Waals surface area contributed by atoms with Gasteiger partial charge in [0, 0.05) is 6.92 Å². The van der Waals surface area contributed by atoms with E-state index in [4.69, 9.17) is 4.74 Å². The van der Waals surface area contributed by atoms with Gasteiger partial charge >= 0.3 is 5.97 Å². The van der Waals surface area contributed by atoms with Crippen molar-refractivity contribution in [3.8, 4) is 0 Å². The largest absolute Gasteiger partial charge is 0.466 e. The molecule has 0 N–H and O–H groups in total. The van der Waals surface area contributed by atoms with Gasteiger partial charge in [-0.25, -0.2) is 0 Å². The number of carbonyl (C=O) groups is 1. The number of allylic oxidation sites excluding steroid dienone is 4. The molecule has 2 heteroatoms. The first-order valence-electron chi connectivity index (χ1n) is 8.20. The number of rotatable bonds is 13. The molecule has 0 atom stereocenters. The van der Waals surface area contributed by atoms with Crippen molar-refractivity contribution in [3.63, 3.8) is 0 Å². The number of hydrogen-bond acceptors (Lipinski definition) is 2. The smallest absolute Gasteiger partial charge is 0.302 e. The zero-order chi connectivity index (χ0) is 14.9. The van der Waals surface area contributed by atoms with Crippen molar-refractivity contribution in [1.29, 1.82) is 0 Å². The number of esters is 1. The van der Waals surface area contributed by atoms with E-state index in [-0.39, 0.29) is 5.97 Å². The molecule has 0 aliphatic heterocycles. The van der Waals surface area contributed by atoms with E-state index in [9.17, 15) is 4.79 Å². The summed E-state index contributed by atoms with van der Waals surface area (Å²) < 4.78 is 4.87. The molecule has 0 aliphatic carbocycles. The zero-order valence-electron chi connectivity index (χ0n) is 13.4. The van der Waals surface area contributed by atoms with Gasteiger partial charge < -0.3 is 4.74 Å². The summed E-state index contributed by atoms with van der Waals surface area (Å²) in [7, 11) is 0. The Balaban J connectivity index is 3.17. The van der Waals surface area contributed by atoms with Gasteiger partial charge in [0.05, 0.1) is 6.61 Å². The second kappa shape index (κ2) is 16.0. The molecule has 0 saturated carbocycles. The van der Waals surface area contributed by atoms with Crippen molar-refractivity contribution < 1.29 is 9.53 Å². The van der Waals surface area contributed by atoms with Crippen LogP contribution in [-0.4, -0.2) is 12.6 Å². The van der Waals surface area contributed by atoms with E-state index >= 15 is 0 Å². The lowest BCUT2D eigenvalue weighted by atomic mass is 10.1. The van der Waals surface area contributed by atoms with Crippen molar-refractivity contribution in [3.05, 3.63) is 24.3 Å². The standard InChI is InChI=1S/C18H32O2/c1-3-4-5-6-7-8-9-10-11-12-13-14-15-16-17-20-18(2)19/h7-8,13-14H,3-6,9-12,15-17H2,1-2H3/b8-7-,14-13-. The average Bonchev–Trinajstić information content (AvgIpc) is 2.43. The Morgan fingerprint density at radius 1 is 0.800 bits per heavy atom. The Morgan fingerprint density at radius 3 is 1.70 bits per heavy atom. The van der Waals surface area contributed by atoms with Gasteiger partial charge in [0.15, 0.2) is 0 Å². The van der Waals surface area contributed by atoms with E-state index in [1.165, 1.54) is 51.9 Å². The molecule has 0 aromatic carbocycles. The summed E-state index contributed by atoms with van der Waals surface area (Å²) >= 11 is 0. The van der Waals surface area contributed by atoms with E-state index in [0.717, 1.165) is 19.3 Å². The maximum absolute atomic E-state index is 10.5. The van der Waals surface area contributed by atoms with E-state index in [2.05, 4.69) is 31.2 Å². The summed E-state index contributed by atoms with van der Waals surface area (Å²) in [6.45, 7) is 4.24. The third-order valence-corrected chi connectivity index (χ3v) is 3.12. The predicted octanol–water partition coefficient (Wildman–Crippen LogP) is 5.58. The van der Waals surface area contributed by atoms with Crippen LogP contribution < -0.4 is 0 Å². The van der Waals surface area contributed by atoms with E-state index in [0.29, 0.717) is 6.61 Å². The van der Waals surface area contributed by atoms with Crippen LogP contribution in [0.2, 0.25) is 0 Å². The summed E-state index contributed by atoms with van der Waals surface area (Å²) in [5.41, 5.74) is 0. The van der Waals surface area contributed by atoms with Gasteiger partial charge in [-0.2, -0.15) is 0 Å². The molecular formula is C18H32O2. The summed E-state index contributed by atoms with van der Waals surface area (Å²) in [6, 6.07) is 0. The lowest BCUT2D eigenvalue weighted by molar-refractivity contribution is -0.141. The minimum Gasteiger partial charge on any atom is -0.466 e. The van der Waals surface area contributed by atoms with Crippen molar-refractivity contribution in [2.75, 3.05) is 6.61 Å². The third-order valence-electron chi connectivity index (χ3n) is 3.12. The first kappa shape index (κ1) is 18.9. The minimum atomic E-state index is -0.184. The molecule has 0 bridgehead atoms. The van der Waals surface area contributed by atoms with Gasteiger partial charge in [0.2, 0.25) is 0 Å². The number of hydrogen-bond donors (Lipinski definition) is 0. The first-order valence-corrected chi connectivity index (χ1v) is 8.20. The lowest BCUT2D eigenvalue weighted by Gasteiger charge is -1.98. The highest BCUT2D eigenvalue weighted by Gasteiger charge is 1.90. The van der Waals surface area contributed by atoms with E-state index < -0.39 is 0 Å². The zero-order valence-corrected chi connectivity index (χ0v) is 13.4. The number of ether oxygens (including phenoxy) is 1. The molecular weight excluding hydrogens is 248 g/mol.